The third-order valence-electron chi connectivity index (χ3n) is 4.51. The zero-order chi connectivity index (χ0) is 18.2. The van der Waals surface area contributed by atoms with E-state index in [1.807, 2.05) is 6.07 Å². The lowest BCUT2D eigenvalue weighted by Gasteiger charge is -2.37. The van der Waals surface area contributed by atoms with E-state index in [9.17, 15) is 8.42 Å². The Hall–Kier alpha value is -1.27. The Bertz CT molecular complexity index is 872. The van der Waals surface area contributed by atoms with Crippen LogP contribution in [0.1, 0.15) is 11.1 Å². The quantitative estimate of drug-likeness (QED) is 0.780. The third kappa shape index (κ3) is 3.65. The van der Waals surface area contributed by atoms with Crippen molar-refractivity contribution in [2.45, 2.75) is 18.7 Å². The fraction of sp³-hybridized carbons (Fsp3) is 0.333. The van der Waals surface area contributed by atoms with E-state index in [-0.39, 0.29) is 9.92 Å². The van der Waals surface area contributed by atoms with Crippen molar-refractivity contribution in [2.75, 3.05) is 31.1 Å². The molecule has 0 spiro atoms. The van der Waals surface area contributed by atoms with Crippen LogP contribution in [0.2, 0.25) is 10.0 Å². The predicted molar refractivity (Wildman–Crippen MR) is 103 cm³/mol. The van der Waals surface area contributed by atoms with Crippen LogP contribution in [0, 0.1) is 13.8 Å². The van der Waals surface area contributed by atoms with E-state index in [1.54, 1.807) is 6.07 Å². The van der Waals surface area contributed by atoms with Crippen molar-refractivity contribution in [3.05, 3.63) is 57.6 Å². The number of rotatable bonds is 3. The molecule has 2 aromatic rings. The Morgan fingerprint density at radius 3 is 2.08 bits per heavy atom. The highest BCUT2D eigenvalue weighted by molar-refractivity contribution is 7.89. The van der Waals surface area contributed by atoms with Crippen LogP contribution in [0.25, 0.3) is 0 Å². The number of sulfonamides is 1. The molecule has 0 saturated carbocycles. The van der Waals surface area contributed by atoms with Gasteiger partial charge in [0.05, 0.1) is 5.02 Å². The topological polar surface area (TPSA) is 40.6 Å². The van der Waals surface area contributed by atoms with Crippen molar-refractivity contribution in [3.63, 3.8) is 0 Å². The van der Waals surface area contributed by atoms with Crippen LogP contribution >= 0.6 is 23.2 Å². The second-order valence-corrected chi connectivity index (χ2v) is 8.96. The predicted octanol–water partition coefficient (Wildman–Crippen LogP) is 4.12. The molecule has 0 N–H and O–H groups in total. The monoisotopic (exact) mass is 398 g/mol. The molecular formula is C18H20Cl2N2O2S. The second-order valence-electron chi connectivity index (χ2n) is 6.21. The molecular weight excluding hydrogens is 379 g/mol. The standard InChI is InChI=1S/C18H20Cl2N2O2S/c1-13-4-3-5-14(2)18(13)21-8-10-22(11-9-21)25(23,24)17-7-6-15(19)12-16(17)20/h3-7,12H,8-11H2,1-2H3. The number of hydrogen-bond acceptors (Lipinski definition) is 3. The van der Waals surface area contributed by atoms with Gasteiger partial charge >= 0.3 is 0 Å². The van der Waals surface area contributed by atoms with Gasteiger partial charge in [0.15, 0.2) is 0 Å². The third-order valence-corrected chi connectivity index (χ3v) is 7.12. The molecule has 134 valence electrons. The summed E-state index contributed by atoms with van der Waals surface area (Å²) in [5, 5.41) is 0.577. The van der Waals surface area contributed by atoms with Crippen LogP contribution in [-0.4, -0.2) is 38.9 Å². The molecule has 25 heavy (non-hydrogen) atoms. The van der Waals surface area contributed by atoms with Gasteiger partial charge in [0.1, 0.15) is 4.90 Å². The summed E-state index contributed by atoms with van der Waals surface area (Å²) in [4.78, 5) is 2.36. The maximum absolute atomic E-state index is 12.9. The van der Waals surface area contributed by atoms with Crippen molar-refractivity contribution >= 4 is 38.9 Å². The van der Waals surface area contributed by atoms with Gasteiger partial charge < -0.3 is 4.90 Å². The lowest BCUT2D eigenvalue weighted by molar-refractivity contribution is 0.384. The van der Waals surface area contributed by atoms with Gasteiger partial charge in [-0.15, -0.1) is 0 Å². The summed E-state index contributed by atoms with van der Waals surface area (Å²) in [6.07, 6.45) is 0. The molecule has 1 saturated heterocycles. The summed E-state index contributed by atoms with van der Waals surface area (Å²) in [6.45, 7) is 6.31. The van der Waals surface area contributed by atoms with Crippen molar-refractivity contribution in [1.29, 1.82) is 0 Å². The highest BCUT2D eigenvalue weighted by Gasteiger charge is 2.30. The fourth-order valence-corrected chi connectivity index (χ4v) is 5.45. The normalized spacial score (nSPS) is 16.2. The Kier molecular flexibility index (Phi) is 5.30. The average molecular weight is 399 g/mol. The maximum atomic E-state index is 12.9. The number of benzene rings is 2. The van der Waals surface area contributed by atoms with Gasteiger partial charge in [0.2, 0.25) is 10.0 Å². The first-order valence-electron chi connectivity index (χ1n) is 8.07. The van der Waals surface area contributed by atoms with Crippen molar-refractivity contribution < 1.29 is 8.42 Å². The zero-order valence-corrected chi connectivity index (χ0v) is 16.5. The van der Waals surface area contributed by atoms with E-state index in [2.05, 4.69) is 30.9 Å². The SMILES string of the molecule is Cc1cccc(C)c1N1CCN(S(=O)(=O)c2ccc(Cl)cc2Cl)CC1. The van der Waals surface area contributed by atoms with Gasteiger partial charge in [0.25, 0.3) is 0 Å². The molecule has 1 fully saturated rings. The number of hydrogen-bond donors (Lipinski definition) is 0. The summed E-state index contributed by atoms with van der Waals surface area (Å²) < 4.78 is 27.2. The van der Waals surface area contributed by atoms with Gasteiger partial charge in [0, 0.05) is 36.9 Å². The molecule has 7 heteroatoms. The van der Waals surface area contributed by atoms with Gasteiger partial charge in [-0.2, -0.15) is 4.31 Å². The van der Waals surface area contributed by atoms with E-state index < -0.39 is 10.0 Å². The molecule has 1 aliphatic heterocycles. The van der Waals surface area contributed by atoms with Crippen molar-refractivity contribution in [3.8, 4) is 0 Å². The van der Waals surface area contributed by atoms with Gasteiger partial charge in [-0.05, 0) is 43.2 Å². The smallest absolute Gasteiger partial charge is 0.244 e. The first-order chi connectivity index (χ1) is 11.8. The Morgan fingerprint density at radius 2 is 1.52 bits per heavy atom. The largest absolute Gasteiger partial charge is 0.368 e. The van der Waals surface area contributed by atoms with Crippen LogP contribution in [0.4, 0.5) is 5.69 Å². The lowest BCUT2D eigenvalue weighted by Crippen LogP contribution is -2.49. The lowest BCUT2D eigenvalue weighted by atomic mass is 10.1. The number of nitrogens with zero attached hydrogens (tertiary/aromatic N) is 2. The van der Waals surface area contributed by atoms with E-state index >= 15 is 0 Å². The molecule has 0 aliphatic carbocycles. The van der Waals surface area contributed by atoms with E-state index in [0.717, 1.165) is 0 Å². The number of para-hydroxylation sites is 1. The fourth-order valence-electron chi connectivity index (χ4n) is 3.28. The average Bonchev–Trinajstić information content (AvgIpc) is 2.55. The first-order valence-corrected chi connectivity index (χ1v) is 10.3. The first kappa shape index (κ1) is 18.5. The highest BCUT2D eigenvalue weighted by atomic mass is 35.5. The summed E-state index contributed by atoms with van der Waals surface area (Å²) >= 11 is 12.0. The van der Waals surface area contributed by atoms with Gasteiger partial charge in [-0.25, -0.2) is 8.42 Å². The molecule has 0 unspecified atom stereocenters. The van der Waals surface area contributed by atoms with E-state index in [0.29, 0.717) is 31.2 Å². The van der Waals surface area contributed by atoms with Crippen molar-refractivity contribution in [1.82, 2.24) is 4.31 Å². The molecule has 0 aromatic heterocycles. The Morgan fingerprint density at radius 1 is 0.920 bits per heavy atom. The maximum Gasteiger partial charge on any atom is 0.244 e. The number of aryl methyl sites for hydroxylation is 2. The van der Waals surface area contributed by atoms with Crippen LogP contribution in [0.5, 0.6) is 0 Å². The van der Waals surface area contributed by atoms with Crippen LogP contribution in [0.3, 0.4) is 0 Å². The van der Waals surface area contributed by atoms with Crippen LogP contribution < -0.4 is 4.90 Å². The number of anilines is 1. The van der Waals surface area contributed by atoms with E-state index in [1.165, 1.54) is 33.3 Å². The minimum absolute atomic E-state index is 0.110. The molecule has 2 aromatic carbocycles. The summed E-state index contributed by atoms with van der Waals surface area (Å²) in [5.41, 5.74) is 3.61. The zero-order valence-electron chi connectivity index (χ0n) is 14.2. The molecule has 3 rings (SSSR count). The molecule has 0 bridgehead atoms. The Labute approximate surface area is 159 Å². The van der Waals surface area contributed by atoms with Crippen LogP contribution in [0.15, 0.2) is 41.3 Å². The molecule has 0 radical (unpaired) electrons. The van der Waals surface area contributed by atoms with Gasteiger partial charge in [-0.3, -0.25) is 0 Å². The number of piperazine rings is 1. The highest BCUT2D eigenvalue weighted by Crippen LogP contribution is 2.30. The van der Waals surface area contributed by atoms with Gasteiger partial charge in [-0.1, -0.05) is 41.4 Å². The molecule has 1 heterocycles. The summed E-state index contributed by atoms with van der Waals surface area (Å²) in [7, 11) is -3.62. The van der Waals surface area contributed by atoms with Crippen LogP contribution in [-0.2, 0) is 10.0 Å². The Balaban J connectivity index is 1.80. The number of halogens is 2. The minimum Gasteiger partial charge on any atom is -0.368 e. The molecule has 4 nitrogen and oxygen atoms in total. The summed E-state index contributed by atoms with van der Waals surface area (Å²) in [6, 6.07) is 10.7. The summed E-state index contributed by atoms with van der Waals surface area (Å²) in [5.74, 6) is 0. The molecule has 0 amide bonds. The van der Waals surface area contributed by atoms with Crippen molar-refractivity contribution in [2.24, 2.45) is 0 Å². The second kappa shape index (κ2) is 7.16. The molecule has 0 atom stereocenters. The van der Waals surface area contributed by atoms with E-state index in [4.69, 9.17) is 23.2 Å². The minimum atomic E-state index is -3.62. The molecule has 1 aliphatic rings.